The predicted molar refractivity (Wildman–Crippen MR) is 77.6 cm³/mol. The molecule has 1 aromatic carbocycles. The van der Waals surface area contributed by atoms with Crippen LogP contribution in [-0.4, -0.2) is 42.0 Å². The highest BCUT2D eigenvalue weighted by Gasteiger charge is 2.33. The maximum atomic E-state index is 5.87. The SMILES string of the molecule is CC(c1cccc(N)c1)N1CCN(C)C(C)(C)C1. The first kappa shape index (κ1) is 13.4. The van der Waals surface area contributed by atoms with Gasteiger partial charge in [0.2, 0.25) is 0 Å². The summed E-state index contributed by atoms with van der Waals surface area (Å²) < 4.78 is 0. The van der Waals surface area contributed by atoms with E-state index in [1.54, 1.807) is 0 Å². The fourth-order valence-corrected chi connectivity index (χ4v) is 2.64. The Morgan fingerprint density at radius 3 is 2.61 bits per heavy atom. The molecule has 100 valence electrons. The fraction of sp³-hybridized carbons (Fsp3) is 0.600. The van der Waals surface area contributed by atoms with Gasteiger partial charge in [-0.15, -0.1) is 0 Å². The minimum absolute atomic E-state index is 0.243. The zero-order chi connectivity index (χ0) is 13.3. The monoisotopic (exact) mass is 247 g/mol. The summed E-state index contributed by atoms with van der Waals surface area (Å²) in [4.78, 5) is 4.99. The predicted octanol–water partition coefficient (Wildman–Crippen LogP) is 2.36. The van der Waals surface area contributed by atoms with Crippen LogP contribution in [0.25, 0.3) is 0 Å². The summed E-state index contributed by atoms with van der Waals surface area (Å²) in [6, 6.07) is 8.69. The highest BCUT2D eigenvalue weighted by atomic mass is 15.3. The quantitative estimate of drug-likeness (QED) is 0.814. The van der Waals surface area contributed by atoms with Crippen LogP contribution in [0.2, 0.25) is 0 Å². The molecule has 0 aliphatic carbocycles. The maximum absolute atomic E-state index is 5.87. The van der Waals surface area contributed by atoms with Gasteiger partial charge in [0.25, 0.3) is 0 Å². The van der Waals surface area contributed by atoms with Crippen LogP contribution in [-0.2, 0) is 0 Å². The second-order valence-electron chi connectivity index (χ2n) is 6.05. The number of nitrogens with zero attached hydrogens (tertiary/aromatic N) is 2. The summed E-state index contributed by atoms with van der Waals surface area (Å²) in [7, 11) is 2.21. The second kappa shape index (κ2) is 4.90. The standard InChI is InChI=1S/C15H25N3/c1-12(13-6-5-7-14(16)10-13)18-9-8-17(4)15(2,3)11-18/h5-7,10,12H,8-9,11,16H2,1-4H3. The van der Waals surface area contributed by atoms with E-state index >= 15 is 0 Å². The van der Waals surface area contributed by atoms with Gasteiger partial charge in [-0.1, -0.05) is 12.1 Å². The number of rotatable bonds is 2. The molecule has 1 heterocycles. The summed E-state index contributed by atoms with van der Waals surface area (Å²) in [5.41, 5.74) is 8.29. The van der Waals surface area contributed by atoms with Gasteiger partial charge in [0, 0.05) is 36.9 Å². The molecule has 1 unspecified atom stereocenters. The van der Waals surface area contributed by atoms with E-state index in [-0.39, 0.29) is 5.54 Å². The van der Waals surface area contributed by atoms with Crippen molar-refractivity contribution in [3.8, 4) is 0 Å². The number of hydrogen-bond acceptors (Lipinski definition) is 3. The molecule has 1 aromatic rings. The van der Waals surface area contributed by atoms with Crippen LogP contribution in [0.3, 0.4) is 0 Å². The molecule has 1 aliphatic rings. The first-order valence-electron chi connectivity index (χ1n) is 6.71. The Bertz CT molecular complexity index is 414. The lowest BCUT2D eigenvalue weighted by molar-refractivity contribution is 0.0202. The Hall–Kier alpha value is -1.06. The van der Waals surface area contributed by atoms with E-state index in [9.17, 15) is 0 Å². The molecule has 1 atom stereocenters. The van der Waals surface area contributed by atoms with Crippen LogP contribution in [0, 0.1) is 0 Å². The van der Waals surface area contributed by atoms with E-state index in [0.717, 1.165) is 25.3 Å². The number of benzene rings is 1. The highest BCUT2D eigenvalue weighted by Crippen LogP contribution is 2.28. The van der Waals surface area contributed by atoms with E-state index in [4.69, 9.17) is 5.73 Å². The maximum Gasteiger partial charge on any atom is 0.0321 e. The number of likely N-dealkylation sites (N-methyl/N-ethyl adjacent to an activating group) is 1. The molecule has 0 radical (unpaired) electrons. The lowest BCUT2D eigenvalue weighted by Gasteiger charge is -2.47. The van der Waals surface area contributed by atoms with Crippen molar-refractivity contribution in [3.05, 3.63) is 29.8 Å². The van der Waals surface area contributed by atoms with Gasteiger partial charge in [-0.05, 0) is 45.5 Å². The normalized spacial score (nSPS) is 22.9. The Morgan fingerprint density at radius 2 is 2.00 bits per heavy atom. The van der Waals surface area contributed by atoms with Crippen molar-refractivity contribution in [1.82, 2.24) is 9.80 Å². The van der Waals surface area contributed by atoms with Crippen molar-refractivity contribution >= 4 is 5.69 Å². The molecule has 18 heavy (non-hydrogen) atoms. The largest absolute Gasteiger partial charge is 0.399 e. The smallest absolute Gasteiger partial charge is 0.0321 e. The van der Waals surface area contributed by atoms with E-state index in [0.29, 0.717) is 6.04 Å². The van der Waals surface area contributed by atoms with Gasteiger partial charge < -0.3 is 5.73 Å². The third-order valence-corrected chi connectivity index (χ3v) is 4.29. The third kappa shape index (κ3) is 2.68. The van der Waals surface area contributed by atoms with Crippen molar-refractivity contribution in [2.24, 2.45) is 0 Å². The molecule has 0 aromatic heterocycles. The Labute approximate surface area is 111 Å². The van der Waals surface area contributed by atoms with Gasteiger partial charge in [0.1, 0.15) is 0 Å². The summed E-state index contributed by atoms with van der Waals surface area (Å²) in [6.45, 7) is 10.2. The van der Waals surface area contributed by atoms with E-state index in [1.807, 2.05) is 12.1 Å². The molecule has 0 spiro atoms. The Kier molecular flexibility index (Phi) is 3.64. The fourth-order valence-electron chi connectivity index (χ4n) is 2.64. The molecule has 3 nitrogen and oxygen atoms in total. The van der Waals surface area contributed by atoms with Crippen LogP contribution in [0.1, 0.15) is 32.4 Å². The average Bonchev–Trinajstić information content (AvgIpc) is 2.31. The number of nitrogens with two attached hydrogens (primary N) is 1. The van der Waals surface area contributed by atoms with Crippen LogP contribution in [0.4, 0.5) is 5.69 Å². The van der Waals surface area contributed by atoms with Crippen molar-refractivity contribution < 1.29 is 0 Å². The number of piperazine rings is 1. The first-order chi connectivity index (χ1) is 8.40. The van der Waals surface area contributed by atoms with Gasteiger partial charge >= 0.3 is 0 Å². The van der Waals surface area contributed by atoms with Crippen LogP contribution < -0.4 is 5.73 Å². The molecule has 2 rings (SSSR count). The van der Waals surface area contributed by atoms with Gasteiger partial charge in [0.15, 0.2) is 0 Å². The average molecular weight is 247 g/mol. The van der Waals surface area contributed by atoms with Crippen LogP contribution >= 0.6 is 0 Å². The minimum Gasteiger partial charge on any atom is -0.399 e. The highest BCUT2D eigenvalue weighted by molar-refractivity contribution is 5.41. The number of hydrogen-bond donors (Lipinski definition) is 1. The van der Waals surface area contributed by atoms with E-state index in [2.05, 4.69) is 49.8 Å². The topological polar surface area (TPSA) is 32.5 Å². The van der Waals surface area contributed by atoms with Gasteiger partial charge in [-0.25, -0.2) is 0 Å². The molecular weight excluding hydrogens is 222 g/mol. The summed E-state index contributed by atoms with van der Waals surface area (Å²) in [6.07, 6.45) is 0. The Morgan fingerprint density at radius 1 is 1.28 bits per heavy atom. The lowest BCUT2D eigenvalue weighted by atomic mass is 9.96. The number of nitrogen functional groups attached to an aromatic ring is 1. The molecule has 0 saturated carbocycles. The van der Waals surface area contributed by atoms with Crippen molar-refractivity contribution in [1.29, 1.82) is 0 Å². The lowest BCUT2D eigenvalue weighted by Crippen LogP contribution is -2.57. The van der Waals surface area contributed by atoms with Gasteiger partial charge in [-0.3, -0.25) is 9.80 Å². The van der Waals surface area contributed by atoms with Gasteiger partial charge in [0.05, 0.1) is 0 Å². The molecule has 3 heteroatoms. The zero-order valence-corrected chi connectivity index (χ0v) is 12.0. The molecule has 1 aliphatic heterocycles. The Balaban J connectivity index is 2.13. The van der Waals surface area contributed by atoms with Crippen molar-refractivity contribution in [2.45, 2.75) is 32.4 Å². The summed E-state index contributed by atoms with van der Waals surface area (Å²) >= 11 is 0. The molecule has 1 fully saturated rings. The zero-order valence-electron chi connectivity index (χ0n) is 12.0. The van der Waals surface area contributed by atoms with E-state index < -0.39 is 0 Å². The third-order valence-electron chi connectivity index (χ3n) is 4.29. The molecule has 2 N–H and O–H groups in total. The van der Waals surface area contributed by atoms with E-state index in [1.165, 1.54) is 5.56 Å². The first-order valence-corrected chi connectivity index (χ1v) is 6.71. The van der Waals surface area contributed by atoms with Gasteiger partial charge in [-0.2, -0.15) is 0 Å². The summed E-state index contributed by atoms with van der Waals surface area (Å²) in [5, 5.41) is 0. The van der Waals surface area contributed by atoms with Crippen molar-refractivity contribution in [2.75, 3.05) is 32.4 Å². The van der Waals surface area contributed by atoms with Crippen LogP contribution in [0.15, 0.2) is 24.3 Å². The second-order valence-corrected chi connectivity index (χ2v) is 6.05. The molecule has 1 saturated heterocycles. The van der Waals surface area contributed by atoms with Crippen LogP contribution in [0.5, 0.6) is 0 Å². The number of anilines is 1. The van der Waals surface area contributed by atoms with Crippen molar-refractivity contribution in [3.63, 3.8) is 0 Å². The molecular formula is C15H25N3. The molecule has 0 amide bonds. The summed E-state index contributed by atoms with van der Waals surface area (Å²) in [5.74, 6) is 0. The minimum atomic E-state index is 0.243. The molecule has 0 bridgehead atoms.